The van der Waals surface area contributed by atoms with Gasteiger partial charge < -0.3 is 30.3 Å². The largest absolute Gasteiger partial charge is 1.00 e. The summed E-state index contributed by atoms with van der Waals surface area (Å²) in [5.74, 6) is 0. The Hall–Kier alpha value is -1.16. The fraction of sp³-hybridized carbons (Fsp3) is 0. The summed E-state index contributed by atoms with van der Waals surface area (Å²) in [5, 5.41) is 0. The van der Waals surface area contributed by atoms with Gasteiger partial charge in [-0.3, -0.25) is 0 Å². The minimum Gasteiger partial charge on any atom is -1.00 e. The van der Waals surface area contributed by atoms with E-state index in [2.05, 4.69) is 0 Å². The summed E-state index contributed by atoms with van der Waals surface area (Å²) in [6.07, 6.45) is 8.00. The third-order valence-electron chi connectivity index (χ3n) is 1.67. The van der Waals surface area contributed by atoms with E-state index < -0.39 is 0 Å². The lowest BCUT2D eigenvalue weighted by atomic mass is 10.5. The van der Waals surface area contributed by atoms with Crippen LogP contribution in [0.4, 0.5) is 0 Å². The highest BCUT2D eigenvalue weighted by Gasteiger charge is 2.06. The van der Waals surface area contributed by atoms with Crippen molar-refractivity contribution in [3.63, 3.8) is 0 Å². The summed E-state index contributed by atoms with van der Waals surface area (Å²) < 4.78 is 4.00. The van der Waals surface area contributed by atoms with Gasteiger partial charge >= 0.3 is 0 Å². The van der Waals surface area contributed by atoms with Crippen molar-refractivity contribution < 1.29 is 39.6 Å². The molecule has 0 aliphatic carbocycles. The predicted molar refractivity (Wildman–Crippen MR) is 47.7 cm³/mol. The van der Waals surface area contributed by atoms with Crippen molar-refractivity contribution >= 4 is 0 Å². The van der Waals surface area contributed by atoms with Crippen LogP contribution in [0.1, 0.15) is 0 Å². The lowest BCUT2D eigenvalue weighted by Crippen LogP contribution is -3.00. The first-order valence-corrected chi connectivity index (χ1v) is 3.90. The zero-order valence-corrected chi connectivity index (χ0v) is 9.44. The van der Waals surface area contributed by atoms with E-state index in [-0.39, 0.29) is 30.3 Å². The van der Waals surface area contributed by atoms with Crippen LogP contribution in [-0.4, -0.2) is 5.48 Å². The molecule has 3 nitrogen and oxygen atoms in total. The van der Waals surface area contributed by atoms with Gasteiger partial charge in [0, 0.05) is 24.3 Å². The topological polar surface area (TPSA) is 39.3 Å². The molecule has 2 aromatic heterocycles. The maximum Gasteiger partial charge on any atom is 0.242 e. The van der Waals surface area contributed by atoms with Gasteiger partial charge in [0.15, 0.2) is 0 Å². The standard InChI is InChI=1S/C10H10N2.2ClH.H2O/c1-3-7-11(8-4-1)12-9-5-2-6-10-12;;;/h1-10H;2*1H;1H2/q+2;;;/p-2. The highest BCUT2D eigenvalue weighted by molar-refractivity contribution is 4.84. The summed E-state index contributed by atoms with van der Waals surface area (Å²) in [4.78, 5) is 0. The van der Waals surface area contributed by atoms with Gasteiger partial charge in [-0.05, 0) is 12.1 Å². The quantitative estimate of drug-likeness (QED) is 0.450. The highest BCUT2D eigenvalue weighted by Crippen LogP contribution is 1.76. The second kappa shape index (κ2) is 8.17. The molecule has 0 amide bonds. The molecule has 0 radical (unpaired) electrons. The smallest absolute Gasteiger partial charge is 0.242 e. The second-order valence-corrected chi connectivity index (χ2v) is 2.51. The Morgan fingerprint density at radius 2 is 0.733 bits per heavy atom. The maximum absolute atomic E-state index is 2.00. The van der Waals surface area contributed by atoms with Gasteiger partial charge in [0.2, 0.25) is 24.8 Å². The van der Waals surface area contributed by atoms with Gasteiger partial charge in [-0.15, -0.1) is 0 Å². The molecular formula is C10H12Cl2N2O. The van der Waals surface area contributed by atoms with Crippen LogP contribution in [-0.2, 0) is 0 Å². The van der Waals surface area contributed by atoms with Crippen LogP contribution in [0.15, 0.2) is 61.2 Å². The molecule has 0 saturated heterocycles. The fourth-order valence-corrected chi connectivity index (χ4v) is 1.09. The van der Waals surface area contributed by atoms with Crippen LogP contribution in [0.3, 0.4) is 0 Å². The summed E-state index contributed by atoms with van der Waals surface area (Å²) in [5.41, 5.74) is 0. The van der Waals surface area contributed by atoms with Crippen molar-refractivity contribution in [2.45, 2.75) is 0 Å². The summed E-state index contributed by atoms with van der Waals surface area (Å²) in [6.45, 7) is 0. The molecule has 0 bridgehead atoms. The van der Waals surface area contributed by atoms with Crippen molar-refractivity contribution in [2.24, 2.45) is 0 Å². The van der Waals surface area contributed by atoms with E-state index in [9.17, 15) is 0 Å². The molecule has 2 aromatic rings. The van der Waals surface area contributed by atoms with Crippen LogP contribution < -0.4 is 34.2 Å². The molecule has 0 atom stereocenters. The average molecular weight is 247 g/mol. The Balaban J connectivity index is 0. The number of halogens is 2. The van der Waals surface area contributed by atoms with Crippen molar-refractivity contribution in [2.75, 3.05) is 0 Å². The van der Waals surface area contributed by atoms with Gasteiger partial charge in [0.1, 0.15) is 0 Å². The molecule has 5 heteroatoms. The number of nitrogens with zero attached hydrogens (tertiary/aromatic N) is 2. The molecule has 15 heavy (non-hydrogen) atoms. The molecule has 0 aliphatic heterocycles. The molecule has 0 fully saturated rings. The van der Waals surface area contributed by atoms with Crippen molar-refractivity contribution in [3.05, 3.63) is 61.2 Å². The summed E-state index contributed by atoms with van der Waals surface area (Å²) >= 11 is 0. The molecule has 2 N–H and O–H groups in total. The van der Waals surface area contributed by atoms with Gasteiger partial charge in [-0.1, -0.05) is 0 Å². The third-order valence-corrected chi connectivity index (χ3v) is 1.67. The lowest BCUT2D eigenvalue weighted by molar-refractivity contribution is -1.30. The van der Waals surface area contributed by atoms with Crippen molar-refractivity contribution in [1.29, 1.82) is 0 Å². The van der Waals surface area contributed by atoms with E-state index in [4.69, 9.17) is 0 Å². The Morgan fingerprint density at radius 1 is 0.467 bits per heavy atom. The average Bonchev–Trinajstić information content (AvgIpc) is 2.21. The van der Waals surface area contributed by atoms with E-state index >= 15 is 0 Å². The van der Waals surface area contributed by atoms with Gasteiger partial charge in [0.25, 0.3) is 0 Å². The molecule has 0 spiro atoms. The first-order valence-electron chi connectivity index (χ1n) is 3.90. The monoisotopic (exact) mass is 246 g/mol. The zero-order valence-electron chi connectivity index (χ0n) is 7.92. The van der Waals surface area contributed by atoms with Crippen molar-refractivity contribution in [1.82, 2.24) is 0 Å². The van der Waals surface area contributed by atoms with Crippen LogP contribution in [0.25, 0.3) is 0 Å². The molecule has 0 saturated carbocycles. The minimum atomic E-state index is 0. The lowest BCUT2D eigenvalue weighted by Gasteiger charge is -1.84. The Labute approximate surface area is 101 Å². The number of hydrogen-bond donors (Lipinski definition) is 0. The third kappa shape index (κ3) is 4.25. The predicted octanol–water partition coefficient (Wildman–Crippen LogP) is -6.24. The molecule has 82 valence electrons. The van der Waals surface area contributed by atoms with E-state index in [1.807, 2.05) is 70.5 Å². The van der Waals surface area contributed by atoms with Crippen LogP contribution in [0.2, 0.25) is 0 Å². The fourth-order valence-electron chi connectivity index (χ4n) is 1.09. The molecule has 2 heterocycles. The second-order valence-electron chi connectivity index (χ2n) is 2.51. The van der Waals surface area contributed by atoms with Gasteiger partial charge in [-0.2, -0.15) is 0 Å². The Bertz CT molecular complexity index is 319. The van der Waals surface area contributed by atoms with E-state index in [1.165, 1.54) is 0 Å². The van der Waals surface area contributed by atoms with E-state index in [1.54, 1.807) is 0 Å². The van der Waals surface area contributed by atoms with Gasteiger partial charge in [-0.25, -0.2) is 0 Å². The first kappa shape index (κ1) is 16.3. The summed E-state index contributed by atoms with van der Waals surface area (Å²) in [7, 11) is 0. The highest BCUT2D eigenvalue weighted by atomic mass is 35.5. The summed E-state index contributed by atoms with van der Waals surface area (Å²) in [6, 6.07) is 12.0. The SMILES string of the molecule is O.[Cl-].[Cl-].c1cc[n+](-[n+]2ccccc2)cc1. The molecule has 0 unspecified atom stereocenters. The van der Waals surface area contributed by atoms with Gasteiger partial charge in [0.05, 0.1) is 9.35 Å². The van der Waals surface area contributed by atoms with Crippen LogP contribution in [0.5, 0.6) is 0 Å². The molecule has 2 rings (SSSR count). The maximum atomic E-state index is 2.00. The van der Waals surface area contributed by atoms with Crippen LogP contribution in [0, 0.1) is 0 Å². The van der Waals surface area contributed by atoms with Crippen LogP contribution >= 0.6 is 0 Å². The molecule has 0 aromatic carbocycles. The Kier molecular flexibility index (Phi) is 8.87. The molecular weight excluding hydrogens is 235 g/mol. The first-order chi connectivity index (χ1) is 5.97. The number of hydrogen-bond acceptors (Lipinski definition) is 0. The van der Waals surface area contributed by atoms with Crippen molar-refractivity contribution in [3.8, 4) is 0 Å². The van der Waals surface area contributed by atoms with E-state index in [0.717, 1.165) is 0 Å². The Morgan fingerprint density at radius 3 is 1.00 bits per heavy atom. The van der Waals surface area contributed by atoms with E-state index in [0.29, 0.717) is 0 Å². The zero-order chi connectivity index (χ0) is 8.23. The number of aromatic nitrogens is 2. The normalized spacial score (nSPS) is 7.73. The number of pyridine rings is 2. The number of rotatable bonds is 1. The molecule has 0 aliphatic rings. The minimum absolute atomic E-state index is 0.